The summed E-state index contributed by atoms with van der Waals surface area (Å²) >= 11 is 0. The highest BCUT2D eigenvalue weighted by Gasteiger charge is 2.27. The van der Waals surface area contributed by atoms with Gasteiger partial charge in [-0.05, 0) is 31.4 Å². The number of ether oxygens (including phenoxy) is 1. The van der Waals surface area contributed by atoms with Gasteiger partial charge in [0, 0.05) is 24.7 Å². The Kier molecular flexibility index (Phi) is 4.61. The van der Waals surface area contributed by atoms with Crippen LogP contribution in [0.25, 0.3) is 0 Å². The quantitative estimate of drug-likeness (QED) is 0.888. The van der Waals surface area contributed by atoms with E-state index in [1.807, 2.05) is 12.1 Å². The molecule has 1 aromatic rings. The SMILES string of the molecule is COc1ccccc1CN1CCCC(C)C1CN. The molecular formula is C15H24N2O. The predicted molar refractivity (Wildman–Crippen MR) is 74.6 cm³/mol. The third kappa shape index (κ3) is 2.85. The first kappa shape index (κ1) is 13.4. The molecule has 0 amide bonds. The molecule has 0 radical (unpaired) electrons. The van der Waals surface area contributed by atoms with Crippen LogP contribution < -0.4 is 10.5 Å². The summed E-state index contributed by atoms with van der Waals surface area (Å²) in [5.41, 5.74) is 7.19. The molecule has 0 aliphatic carbocycles. The van der Waals surface area contributed by atoms with E-state index in [-0.39, 0.29) is 0 Å². The minimum absolute atomic E-state index is 0.503. The summed E-state index contributed by atoms with van der Waals surface area (Å²) in [6.07, 6.45) is 2.57. The van der Waals surface area contributed by atoms with Crippen molar-refractivity contribution in [1.29, 1.82) is 0 Å². The predicted octanol–water partition coefficient (Wildman–Crippen LogP) is 2.25. The molecule has 2 rings (SSSR count). The molecule has 18 heavy (non-hydrogen) atoms. The molecule has 0 saturated carbocycles. The van der Waals surface area contributed by atoms with Crippen molar-refractivity contribution in [3.8, 4) is 5.75 Å². The van der Waals surface area contributed by atoms with Crippen LogP contribution in [0.4, 0.5) is 0 Å². The van der Waals surface area contributed by atoms with Gasteiger partial charge in [0.05, 0.1) is 7.11 Å². The highest BCUT2D eigenvalue weighted by atomic mass is 16.5. The lowest BCUT2D eigenvalue weighted by atomic mass is 9.90. The topological polar surface area (TPSA) is 38.5 Å². The summed E-state index contributed by atoms with van der Waals surface area (Å²) in [6.45, 7) is 5.14. The number of nitrogens with two attached hydrogens (primary N) is 1. The number of hydrogen-bond acceptors (Lipinski definition) is 3. The van der Waals surface area contributed by atoms with Crippen molar-refractivity contribution in [2.24, 2.45) is 11.7 Å². The smallest absolute Gasteiger partial charge is 0.123 e. The Labute approximate surface area is 110 Å². The molecule has 1 aliphatic rings. The number of likely N-dealkylation sites (tertiary alicyclic amines) is 1. The van der Waals surface area contributed by atoms with Crippen LogP contribution in [0.5, 0.6) is 5.75 Å². The van der Waals surface area contributed by atoms with E-state index in [2.05, 4.69) is 24.0 Å². The maximum absolute atomic E-state index is 5.94. The lowest BCUT2D eigenvalue weighted by molar-refractivity contribution is 0.0982. The standard InChI is InChI=1S/C15H24N2O/c1-12-6-5-9-17(14(12)10-16)11-13-7-3-4-8-15(13)18-2/h3-4,7-8,12,14H,5-6,9-11,16H2,1-2H3. The van der Waals surface area contributed by atoms with Gasteiger partial charge in [0.2, 0.25) is 0 Å². The van der Waals surface area contributed by atoms with E-state index in [0.29, 0.717) is 12.0 Å². The van der Waals surface area contributed by atoms with Gasteiger partial charge in [-0.25, -0.2) is 0 Å². The van der Waals surface area contributed by atoms with Gasteiger partial charge < -0.3 is 10.5 Å². The average molecular weight is 248 g/mol. The van der Waals surface area contributed by atoms with Crippen LogP contribution in [0.1, 0.15) is 25.3 Å². The van der Waals surface area contributed by atoms with Gasteiger partial charge >= 0.3 is 0 Å². The fraction of sp³-hybridized carbons (Fsp3) is 0.600. The van der Waals surface area contributed by atoms with E-state index < -0.39 is 0 Å². The van der Waals surface area contributed by atoms with Crippen molar-refractivity contribution in [2.75, 3.05) is 20.2 Å². The molecule has 3 nitrogen and oxygen atoms in total. The van der Waals surface area contributed by atoms with Gasteiger partial charge in [0.1, 0.15) is 5.75 Å². The highest BCUT2D eigenvalue weighted by molar-refractivity contribution is 5.33. The van der Waals surface area contributed by atoms with E-state index in [1.54, 1.807) is 7.11 Å². The van der Waals surface area contributed by atoms with Crippen molar-refractivity contribution in [1.82, 2.24) is 4.90 Å². The van der Waals surface area contributed by atoms with Crippen LogP contribution in [0, 0.1) is 5.92 Å². The van der Waals surface area contributed by atoms with Gasteiger partial charge in [-0.3, -0.25) is 4.90 Å². The van der Waals surface area contributed by atoms with Crippen molar-refractivity contribution < 1.29 is 4.74 Å². The summed E-state index contributed by atoms with van der Waals surface area (Å²) in [5, 5.41) is 0. The molecule has 2 unspecified atom stereocenters. The van der Waals surface area contributed by atoms with Crippen molar-refractivity contribution >= 4 is 0 Å². The van der Waals surface area contributed by atoms with Gasteiger partial charge in [0.15, 0.2) is 0 Å². The van der Waals surface area contributed by atoms with Crippen LogP contribution >= 0.6 is 0 Å². The monoisotopic (exact) mass is 248 g/mol. The molecule has 2 atom stereocenters. The Morgan fingerprint density at radius 1 is 1.39 bits per heavy atom. The number of benzene rings is 1. The summed E-state index contributed by atoms with van der Waals surface area (Å²) in [4.78, 5) is 2.51. The van der Waals surface area contributed by atoms with Crippen LogP contribution in [-0.2, 0) is 6.54 Å². The number of rotatable bonds is 4. The van der Waals surface area contributed by atoms with Crippen LogP contribution in [0.3, 0.4) is 0 Å². The van der Waals surface area contributed by atoms with Crippen LogP contribution in [0.15, 0.2) is 24.3 Å². The first-order chi connectivity index (χ1) is 8.76. The minimum Gasteiger partial charge on any atom is -0.496 e. The van der Waals surface area contributed by atoms with E-state index in [1.165, 1.54) is 18.4 Å². The van der Waals surface area contributed by atoms with Crippen molar-refractivity contribution in [3.63, 3.8) is 0 Å². The fourth-order valence-electron chi connectivity index (χ4n) is 2.96. The third-order valence-corrected chi connectivity index (χ3v) is 4.04. The fourth-order valence-corrected chi connectivity index (χ4v) is 2.96. The molecule has 1 aromatic carbocycles. The number of hydrogen-bond donors (Lipinski definition) is 1. The number of piperidine rings is 1. The molecule has 1 saturated heterocycles. The normalized spacial score (nSPS) is 25.1. The minimum atomic E-state index is 0.503. The Balaban J connectivity index is 2.11. The molecule has 1 fully saturated rings. The van der Waals surface area contributed by atoms with Crippen molar-refractivity contribution in [2.45, 2.75) is 32.4 Å². The largest absolute Gasteiger partial charge is 0.496 e. The Morgan fingerprint density at radius 3 is 2.89 bits per heavy atom. The molecule has 1 aliphatic heterocycles. The van der Waals surface area contributed by atoms with E-state index in [9.17, 15) is 0 Å². The molecule has 3 heteroatoms. The van der Waals surface area contributed by atoms with E-state index in [4.69, 9.17) is 10.5 Å². The maximum Gasteiger partial charge on any atom is 0.123 e. The van der Waals surface area contributed by atoms with Crippen LogP contribution in [0.2, 0.25) is 0 Å². The second-order valence-corrected chi connectivity index (χ2v) is 5.20. The van der Waals surface area contributed by atoms with Gasteiger partial charge in [-0.1, -0.05) is 25.1 Å². The molecule has 1 heterocycles. The van der Waals surface area contributed by atoms with E-state index in [0.717, 1.165) is 25.4 Å². The number of para-hydroxylation sites is 1. The lowest BCUT2D eigenvalue weighted by Gasteiger charge is -2.39. The molecule has 0 spiro atoms. The highest BCUT2D eigenvalue weighted by Crippen LogP contribution is 2.27. The number of nitrogens with zero attached hydrogens (tertiary/aromatic N) is 1. The third-order valence-electron chi connectivity index (χ3n) is 4.04. The summed E-state index contributed by atoms with van der Waals surface area (Å²) in [7, 11) is 1.73. The average Bonchev–Trinajstić information content (AvgIpc) is 2.40. The maximum atomic E-state index is 5.94. The second kappa shape index (κ2) is 6.21. The van der Waals surface area contributed by atoms with Gasteiger partial charge in [-0.2, -0.15) is 0 Å². The van der Waals surface area contributed by atoms with Crippen molar-refractivity contribution in [3.05, 3.63) is 29.8 Å². The number of methoxy groups -OCH3 is 1. The first-order valence-electron chi connectivity index (χ1n) is 6.82. The van der Waals surface area contributed by atoms with Gasteiger partial charge in [0.25, 0.3) is 0 Å². The van der Waals surface area contributed by atoms with E-state index >= 15 is 0 Å². The molecule has 0 bridgehead atoms. The molecule has 0 aromatic heterocycles. The lowest BCUT2D eigenvalue weighted by Crippen LogP contribution is -2.48. The Hall–Kier alpha value is -1.06. The Bertz CT molecular complexity index is 381. The summed E-state index contributed by atoms with van der Waals surface area (Å²) in [5.74, 6) is 1.67. The summed E-state index contributed by atoms with van der Waals surface area (Å²) < 4.78 is 5.42. The molecule has 100 valence electrons. The summed E-state index contributed by atoms with van der Waals surface area (Å²) in [6, 6.07) is 8.76. The zero-order valence-electron chi connectivity index (χ0n) is 11.4. The molecule has 2 N–H and O–H groups in total. The first-order valence-corrected chi connectivity index (χ1v) is 6.82. The Morgan fingerprint density at radius 2 is 2.17 bits per heavy atom. The second-order valence-electron chi connectivity index (χ2n) is 5.20. The molecular weight excluding hydrogens is 224 g/mol. The zero-order chi connectivity index (χ0) is 13.0. The van der Waals surface area contributed by atoms with Crippen LogP contribution in [-0.4, -0.2) is 31.1 Å². The zero-order valence-corrected chi connectivity index (χ0v) is 11.4. The van der Waals surface area contributed by atoms with Gasteiger partial charge in [-0.15, -0.1) is 0 Å².